The topological polar surface area (TPSA) is 29.1 Å². The molecule has 0 radical (unpaired) electrons. The summed E-state index contributed by atoms with van der Waals surface area (Å²) in [6.45, 7) is 0. The summed E-state index contributed by atoms with van der Waals surface area (Å²) in [4.78, 5) is 12.0. The lowest BCUT2D eigenvalue weighted by molar-refractivity contribution is -0.128. The number of amides is 1. The number of hydrogen-bond acceptors (Lipinski definition) is 2. The largest absolute Gasteiger partial charge is 0.353 e. The second-order valence-electron chi connectivity index (χ2n) is 4.27. The maximum absolute atomic E-state index is 10.7. The van der Waals surface area contributed by atoms with Gasteiger partial charge in [0.15, 0.2) is 0 Å². The third-order valence-electron chi connectivity index (χ3n) is 2.80. The number of β-lactam (4-membered cyclic amide) rings is 1. The smallest absolute Gasteiger partial charge is 0.222 e. The summed E-state index contributed by atoms with van der Waals surface area (Å²) in [6.07, 6.45) is 2.64. The lowest BCUT2D eigenvalue weighted by Crippen LogP contribution is -2.48. The number of rotatable bonds is 6. The lowest BCUT2D eigenvalue weighted by atomic mass is 10.0. The van der Waals surface area contributed by atoms with E-state index >= 15 is 0 Å². The highest BCUT2D eigenvalue weighted by atomic mass is 35.5. The Morgan fingerprint density at radius 1 is 1.41 bits per heavy atom. The first-order valence-corrected chi connectivity index (χ1v) is 7.27. The van der Waals surface area contributed by atoms with Gasteiger partial charge in [0, 0.05) is 28.5 Å². The van der Waals surface area contributed by atoms with E-state index in [0.29, 0.717) is 12.5 Å². The van der Waals surface area contributed by atoms with Crippen molar-refractivity contribution in [3.63, 3.8) is 0 Å². The molecule has 1 aromatic carbocycles. The van der Waals surface area contributed by atoms with Gasteiger partial charge in [0.2, 0.25) is 5.91 Å². The zero-order chi connectivity index (χ0) is 12.1. The number of nitrogens with one attached hydrogen (secondary N) is 1. The van der Waals surface area contributed by atoms with Crippen LogP contribution in [0.25, 0.3) is 0 Å². The van der Waals surface area contributed by atoms with E-state index in [1.165, 1.54) is 4.90 Å². The van der Waals surface area contributed by atoms with Crippen molar-refractivity contribution in [2.45, 2.75) is 35.6 Å². The monoisotopic (exact) mass is 269 g/mol. The first-order chi connectivity index (χ1) is 8.24. The molecule has 1 saturated heterocycles. The van der Waals surface area contributed by atoms with E-state index in [-0.39, 0.29) is 11.3 Å². The minimum atomic E-state index is 0.166. The number of thioether (sulfide) groups is 1. The highest BCUT2D eigenvalue weighted by Gasteiger charge is 2.25. The van der Waals surface area contributed by atoms with Crippen LogP contribution in [0, 0.1) is 0 Å². The molecule has 2 atom stereocenters. The van der Waals surface area contributed by atoms with Crippen molar-refractivity contribution in [2.24, 2.45) is 0 Å². The van der Waals surface area contributed by atoms with Crippen molar-refractivity contribution in [2.75, 3.05) is 5.75 Å². The van der Waals surface area contributed by atoms with Crippen LogP contribution in [0.3, 0.4) is 0 Å². The molecule has 1 aliphatic heterocycles. The SMILES string of the molecule is O=C1CC(CCC(Cl)CSc2ccccc2)N1. The number of alkyl halides is 1. The Morgan fingerprint density at radius 2 is 2.12 bits per heavy atom. The second kappa shape index (κ2) is 6.31. The standard InChI is InChI=1S/C13H16ClNOS/c14-10(6-7-11-8-13(16)15-11)9-17-12-4-2-1-3-5-12/h1-5,10-11H,6-9H2,(H,15,16). The molecule has 2 rings (SSSR count). The van der Waals surface area contributed by atoms with Crippen LogP contribution in [0.5, 0.6) is 0 Å². The van der Waals surface area contributed by atoms with E-state index in [1.807, 2.05) is 18.2 Å². The van der Waals surface area contributed by atoms with Gasteiger partial charge < -0.3 is 5.32 Å². The van der Waals surface area contributed by atoms with Crippen molar-refractivity contribution in [1.29, 1.82) is 0 Å². The van der Waals surface area contributed by atoms with Gasteiger partial charge in [-0.15, -0.1) is 23.4 Å². The zero-order valence-corrected chi connectivity index (χ0v) is 11.1. The molecule has 1 fully saturated rings. The average molecular weight is 270 g/mol. The van der Waals surface area contributed by atoms with Crippen LogP contribution in [-0.2, 0) is 4.79 Å². The van der Waals surface area contributed by atoms with Gasteiger partial charge in [-0.2, -0.15) is 0 Å². The van der Waals surface area contributed by atoms with Crippen molar-refractivity contribution >= 4 is 29.3 Å². The van der Waals surface area contributed by atoms with Gasteiger partial charge >= 0.3 is 0 Å². The lowest BCUT2D eigenvalue weighted by Gasteiger charge is -2.27. The minimum Gasteiger partial charge on any atom is -0.353 e. The summed E-state index contributed by atoms with van der Waals surface area (Å²) >= 11 is 8.05. The molecule has 17 heavy (non-hydrogen) atoms. The quantitative estimate of drug-likeness (QED) is 0.489. The maximum atomic E-state index is 10.7. The Bertz CT molecular complexity index is 363. The molecule has 0 bridgehead atoms. The zero-order valence-electron chi connectivity index (χ0n) is 9.56. The Hall–Kier alpha value is -0.670. The summed E-state index contributed by atoms with van der Waals surface area (Å²) in [5.41, 5.74) is 0. The normalized spacial score (nSPS) is 20.5. The molecule has 1 aromatic rings. The fourth-order valence-corrected chi connectivity index (χ4v) is 2.98. The van der Waals surface area contributed by atoms with Crippen LogP contribution < -0.4 is 5.32 Å². The molecule has 2 nitrogen and oxygen atoms in total. The van der Waals surface area contributed by atoms with E-state index in [2.05, 4.69) is 17.4 Å². The fourth-order valence-electron chi connectivity index (χ4n) is 1.77. The summed E-state index contributed by atoms with van der Waals surface area (Å²) in [7, 11) is 0. The Balaban J connectivity index is 1.61. The molecule has 1 heterocycles. The van der Waals surface area contributed by atoms with Gasteiger partial charge in [-0.05, 0) is 25.0 Å². The van der Waals surface area contributed by atoms with Crippen molar-refractivity contribution in [3.05, 3.63) is 30.3 Å². The first-order valence-electron chi connectivity index (χ1n) is 5.85. The third-order valence-corrected chi connectivity index (χ3v) is 4.53. The molecule has 0 spiro atoms. The van der Waals surface area contributed by atoms with E-state index in [0.717, 1.165) is 18.6 Å². The minimum absolute atomic E-state index is 0.166. The summed E-state index contributed by atoms with van der Waals surface area (Å²) < 4.78 is 0. The van der Waals surface area contributed by atoms with Crippen molar-refractivity contribution in [1.82, 2.24) is 5.32 Å². The second-order valence-corrected chi connectivity index (χ2v) is 5.98. The molecule has 1 amide bonds. The summed E-state index contributed by atoms with van der Waals surface area (Å²) in [5.74, 6) is 1.09. The summed E-state index contributed by atoms with van der Waals surface area (Å²) in [5, 5.41) is 3.05. The number of benzene rings is 1. The molecule has 0 saturated carbocycles. The van der Waals surface area contributed by atoms with Crippen molar-refractivity contribution in [3.8, 4) is 0 Å². The fraction of sp³-hybridized carbons (Fsp3) is 0.462. The van der Waals surface area contributed by atoms with Gasteiger partial charge in [-0.3, -0.25) is 4.79 Å². The molecule has 92 valence electrons. The molecule has 0 aromatic heterocycles. The molecule has 1 N–H and O–H groups in total. The van der Waals surface area contributed by atoms with Gasteiger partial charge in [-0.25, -0.2) is 0 Å². The van der Waals surface area contributed by atoms with Crippen LogP contribution in [0.1, 0.15) is 19.3 Å². The van der Waals surface area contributed by atoms with Crippen LogP contribution >= 0.6 is 23.4 Å². The maximum Gasteiger partial charge on any atom is 0.222 e. The summed E-state index contributed by atoms with van der Waals surface area (Å²) in [6, 6.07) is 10.7. The molecule has 1 aliphatic rings. The van der Waals surface area contributed by atoms with Gasteiger partial charge in [0.1, 0.15) is 0 Å². The highest BCUT2D eigenvalue weighted by molar-refractivity contribution is 7.99. The number of halogens is 1. The number of carbonyl (C=O) groups excluding carboxylic acids is 1. The van der Waals surface area contributed by atoms with Gasteiger partial charge in [0.05, 0.1) is 0 Å². The Kier molecular flexibility index (Phi) is 4.75. The van der Waals surface area contributed by atoms with Crippen LogP contribution in [0.15, 0.2) is 35.2 Å². The average Bonchev–Trinajstić information content (AvgIpc) is 2.32. The van der Waals surface area contributed by atoms with Crippen molar-refractivity contribution < 1.29 is 4.79 Å². The number of hydrogen-bond donors (Lipinski definition) is 1. The predicted octanol–water partition coefficient (Wildman–Crippen LogP) is 3.05. The van der Waals surface area contributed by atoms with E-state index < -0.39 is 0 Å². The van der Waals surface area contributed by atoms with E-state index in [9.17, 15) is 4.79 Å². The van der Waals surface area contributed by atoms with Crippen LogP contribution in [0.4, 0.5) is 0 Å². The Morgan fingerprint density at radius 3 is 2.76 bits per heavy atom. The molecule has 4 heteroatoms. The van der Waals surface area contributed by atoms with Crippen LogP contribution in [0.2, 0.25) is 0 Å². The van der Waals surface area contributed by atoms with E-state index in [1.54, 1.807) is 11.8 Å². The molecule has 0 aliphatic carbocycles. The molecule has 2 unspecified atom stereocenters. The van der Waals surface area contributed by atoms with E-state index in [4.69, 9.17) is 11.6 Å². The van der Waals surface area contributed by atoms with Gasteiger partial charge in [0.25, 0.3) is 0 Å². The van der Waals surface area contributed by atoms with Gasteiger partial charge in [-0.1, -0.05) is 18.2 Å². The first kappa shape index (κ1) is 12.8. The third kappa shape index (κ3) is 4.25. The Labute approximate surface area is 111 Å². The highest BCUT2D eigenvalue weighted by Crippen LogP contribution is 2.23. The number of carbonyl (C=O) groups is 1. The molecular formula is C13H16ClNOS. The van der Waals surface area contributed by atoms with Crippen LogP contribution in [-0.4, -0.2) is 23.1 Å². The molecular weight excluding hydrogens is 254 g/mol. The predicted molar refractivity (Wildman–Crippen MR) is 72.6 cm³/mol.